The summed E-state index contributed by atoms with van der Waals surface area (Å²) in [4.78, 5) is 4.17. The average Bonchev–Trinajstić information content (AvgIpc) is 2.85. The number of aromatic nitrogens is 2. The summed E-state index contributed by atoms with van der Waals surface area (Å²) in [6, 6.07) is 4.00. The first-order valence-electron chi connectivity index (χ1n) is 6.52. The molecule has 108 valence electrons. The van der Waals surface area contributed by atoms with Crippen molar-refractivity contribution in [2.45, 2.75) is 39.4 Å². The summed E-state index contributed by atoms with van der Waals surface area (Å²) in [5, 5.41) is 13.4. The molecule has 0 bridgehead atoms. The summed E-state index contributed by atoms with van der Waals surface area (Å²) >= 11 is 0. The van der Waals surface area contributed by atoms with Crippen molar-refractivity contribution in [3.8, 4) is 5.75 Å². The van der Waals surface area contributed by atoms with Gasteiger partial charge in [-0.05, 0) is 31.5 Å². The van der Waals surface area contributed by atoms with Crippen LogP contribution < -0.4 is 4.74 Å². The van der Waals surface area contributed by atoms with E-state index in [4.69, 9.17) is 9.26 Å². The lowest BCUT2D eigenvalue weighted by Gasteiger charge is -2.12. The summed E-state index contributed by atoms with van der Waals surface area (Å²) in [7, 11) is 0. The van der Waals surface area contributed by atoms with Crippen LogP contribution in [0.4, 0.5) is 4.39 Å². The van der Waals surface area contributed by atoms with Crippen molar-refractivity contribution in [2.75, 3.05) is 0 Å². The van der Waals surface area contributed by atoms with Gasteiger partial charge in [0.25, 0.3) is 0 Å². The molecule has 6 heteroatoms. The highest BCUT2D eigenvalue weighted by molar-refractivity contribution is 5.35. The number of ether oxygens (including phenoxy) is 1. The maximum absolute atomic E-state index is 13.2. The molecule has 0 spiro atoms. The number of rotatable bonds is 6. The Morgan fingerprint density at radius 3 is 2.95 bits per heavy atom. The van der Waals surface area contributed by atoms with Crippen LogP contribution in [-0.4, -0.2) is 15.2 Å². The van der Waals surface area contributed by atoms with Gasteiger partial charge in [0, 0.05) is 12.0 Å². The second kappa shape index (κ2) is 6.47. The Morgan fingerprint density at radius 1 is 1.45 bits per heavy atom. The predicted molar refractivity (Wildman–Crippen MR) is 69.7 cm³/mol. The lowest BCUT2D eigenvalue weighted by Crippen LogP contribution is -2.03. The maximum atomic E-state index is 13.2. The molecule has 1 aromatic heterocycles. The number of nitrogens with zero attached hydrogens (tertiary/aromatic N) is 2. The van der Waals surface area contributed by atoms with Crippen molar-refractivity contribution in [2.24, 2.45) is 0 Å². The van der Waals surface area contributed by atoms with Gasteiger partial charge in [-0.25, -0.2) is 4.39 Å². The minimum atomic E-state index is -0.818. The van der Waals surface area contributed by atoms with Crippen molar-refractivity contribution >= 4 is 0 Å². The van der Waals surface area contributed by atoms with E-state index in [1.165, 1.54) is 18.2 Å². The topological polar surface area (TPSA) is 68.4 Å². The van der Waals surface area contributed by atoms with E-state index >= 15 is 0 Å². The molecule has 2 aromatic rings. The Balaban J connectivity index is 2.06. The van der Waals surface area contributed by atoms with Gasteiger partial charge in [0.2, 0.25) is 11.7 Å². The quantitative estimate of drug-likeness (QED) is 0.881. The minimum absolute atomic E-state index is 0.110. The molecule has 0 saturated carbocycles. The van der Waals surface area contributed by atoms with Crippen molar-refractivity contribution in [3.63, 3.8) is 0 Å². The smallest absolute Gasteiger partial charge is 0.226 e. The first-order chi connectivity index (χ1) is 9.60. The number of hydrogen-bond donors (Lipinski definition) is 1. The second-order valence-electron chi connectivity index (χ2n) is 4.50. The number of hydrogen-bond acceptors (Lipinski definition) is 5. The fraction of sp³-hybridized carbons (Fsp3) is 0.429. The molecule has 0 amide bonds. The van der Waals surface area contributed by atoms with Crippen LogP contribution >= 0.6 is 0 Å². The third-order valence-electron chi connectivity index (χ3n) is 2.75. The molecular weight excluding hydrogens is 263 g/mol. The van der Waals surface area contributed by atoms with Gasteiger partial charge in [0.1, 0.15) is 11.6 Å². The fourth-order valence-corrected chi connectivity index (χ4v) is 1.78. The summed E-state index contributed by atoms with van der Waals surface area (Å²) in [5.41, 5.74) is 0.391. The van der Waals surface area contributed by atoms with Crippen LogP contribution in [0.3, 0.4) is 0 Å². The normalized spacial score (nSPS) is 12.4. The lowest BCUT2D eigenvalue weighted by atomic mass is 10.1. The van der Waals surface area contributed by atoms with E-state index in [9.17, 15) is 9.50 Å². The number of benzene rings is 1. The van der Waals surface area contributed by atoms with Gasteiger partial charge >= 0.3 is 0 Å². The molecule has 0 saturated heterocycles. The highest BCUT2D eigenvalue weighted by atomic mass is 19.1. The summed E-state index contributed by atoms with van der Waals surface area (Å²) in [6.45, 7) is 3.68. The first-order valence-corrected chi connectivity index (χ1v) is 6.52. The molecule has 2 rings (SSSR count). The van der Waals surface area contributed by atoms with Gasteiger partial charge in [0.15, 0.2) is 6.61 Å². The largest absolute Gasteiger partial charge is 0.485 e. The Hall–Kier alpha value is -1.95. The monoisotopic (exact) mass is 280 g/mol. The first kappa shape index (κ1) is 14.5. The highest BCUT2D eigenvalue weighted by Gasteiger charge is 2.12. The van der Waals surface area contributed by atoms with E-state index in [-0.39, 0.29) is 6.61 Å². The molecule has 0 aliphatic heterocycles. The molecule has 1 aromatic carbocycles. The van der Waals surface area contributed by atoms with E-state index < -0.39 is 11.9 Å². The molecule has 5 nitrogen and oxygen atoms in total. The van der Waals surface area contributed by atoms with Gasteiger partial charge in [-0.2, -0.15) is 4.98 Å². The van der Waals surface area contributed by atoms with E-state index in [2.05, 4.69) is 10.1 Å². The number of aliphatic hydroxyl groups is 1. The molecule has 0 unspecified atom stereocenters. The average molecular weight is 280 g/mol. The molecule has 1 atom stereocenters. The molecule has 0 aliphatic carbocycles. The molecule has 1 heterocycles. The van der Waals surface area contributed by atoms with E-state index in [0.29, 0.717) is 23.0 Å². The number of halogens is 1. The third kappa shape index (κ3) is 3.54. The number of aryl methyl sites for hydroxylation is 1. The van der Waals surface area contributed by atoms with Crippen molar-refractivity contribution in [1.82, 2.24) is 10.1 Å². The van der Waals surface area contributed by atoms with Gasteiger partial charge in [-0.15, -0.1) is 0 Å². The molecule has 1 N–H and O–H groups in total. The van der Waals surface area contributed by atoms with E-state index in [1.807, 2.05) is 6.92 Å². The zero-order valence-electron chi connectivity index (χ0n) is 11.5. The molecule has 0 fully saturated rings. The SMILES string of the molecule is CCCc1nc(COc2ccc(F)cc2[C@@H](C)O)no1. The molecule has 0 aliphatic rings. The van der Waals surface area contributed by atoms with Crippen LogP contribution in [0.25, 0.3) is 0 Å². The molecular formula is C14H17FN2O3. The van der Waals surface area contributed by atoms with Crippen LogP contribution in [0, 0.1) is 5.82 Å². The number of aliphatic hydroxyl groups excluding tert-OH is 1. The van der Waals surface area contributed by atoms with Gasteiger partial charge in [-0.1, -0.05) is 12.1 Å². The van der Waals surface area contributed by atoms with Crippen molar-refractivity contribution < 1.29 is 18.8 Å². The highest BCUT2D eigenvalue weighted by Crippen LogP contribution is 2.26. The fourth-order valence-electron chi connectivity index (χ4n) is 1.78. The van der Waals surface area contributed by atoms with Crippen molar-refractivity contribution in [3.05, 3.63) is 41.3 Å². The molecule has 20 heavy (non-hydrogen) atoms. The zero-order chi connectivity index (χ0) is 14.5. The van der Waals surface area contributed by atoms with Crippen LogP contribution in [0.1, 0.15) is 43.7 Å². The zero-order valence-corrected chi connectivity index (χ0v) is 11.5. The Bertz CT molecular complexity index is 569. The second-order valence-corrected chi connectivity index (χ2v) is 4.50. The van der Waals surface area contributed by atoms with Crippen LogP contribution in [-0.2, 0) is 13.0 Å². The van der Waals surface area contributed by atoms with Crippen LogP contribution in [0.15, 0.2) is 22.7 Å². The lowest BCUT2D eigenvalue weighted by molar-refractivity contribution is 0.188. The summed E-state index contributed by atoms with van der Waals surface area (Å²) < 4.78 is 23.7. The Labute approximate surface area is 116 Å². The van der Waals surface area contributed by atoms with Crippen LogP contribution in [0.5, 0.6) is 5.75 Å². The van der Waals surface area contributed by atoms with E-state index in [1.54, 1.807) is 6.92 Å². The van der Waals surface area contributed by atoms with Gasteiger partial charge < -0.3 is 14.4 Å². The van der Waals surface area contributed by atoms with Crippen molar-refractivity contribution in [1.29, 1.82) is 0 Å². The predicted octanol–water partition coefficient (Wildman–Crippen LogP) is 2.79. The minimum Gasteiger partial charge on any atom is -0.485 e. The van der Waals surface area contributed by atoms with Crippen LogP contribution in [0.2, 0.25) is 0 Å². The molecule has 0 radical (unpaired) electrons. The third-order valence-corrected chi connectivity index (χ3v) is 2.75. The maximum Gasteiger partial charge on any atom is 0.226 e. The van der Waals surface area contributed by atoms with Gasteiger partial charge in [-0.3, -0.25) is 0 Å². The Morgan fingerprint density at radius 2 is 2.25 bits per heavy atom. The summed E-state index contributed by atoms with van der Waals surface area (Å²) in [6.07, 6.45) is 0.830. The standard InChI is InChI=1S/C14H17FN2O3/c1-3-4-14-16-13(17-20-14)8-19-12-6-5-10(15)7-11(12)9(2)18/h5-7,9,18H,3-4,8H2,1-2H3/t9-/m1/s1. The Kier molecular flexibility index (Phi) is 4.68. The summed E-state index contributed by atoms with van der Waals surface area (Å²) in [5.74, 6) is 0.983. The van der Waals surface area contributed by atoms with Gasteiger partial charge in [0.05, 0.1) is 6.10 Å². The van der Waals surface area contributed by atoms with E-state index in [0.717, 1.165) is 12.8 Å².